The third-order valence-electron chi connectivity index (χ3n) is 5.66. The zero-order valence-corrected chi connectivity index (χ0v) is 14.7. The lowest BCUT2D eigenvalue weighted by Gasteiger charge is -2.38. The van der Waals surface area contributed by atoms with Gasteiger partial charge in [-0.3, -0.25) is 14.5 Å². The summed E-state index contributed by atoms with van der Waals surface area (Å²) in [6.07, 6.45) is 7.28. The lowest BCUT2D eigenvalue weighted by Crippen LogP contribution is -2.52. The van der Waals surface area contributed by atoms with Crippen molar-refractivity contribution >= 4 is 29.5 Å². The van der Waals surface area contributed by atoms with Crippen LogP contribution in [0.25, 0.3) is 0 Å². The van der Waals surface area contributed by atoms with Crippen molar-refractivity contribution in [2.75, 3.05) is 25.1 Å². The number of carbonyl (C=O) groups is 3. The van der Waals surface area contributed by atoms with Crippen LogP contribution in [0.3, 0.4) is 0 Å². The van der Waals surface area contributed by atoms with E-state index in [0.717, 1.165) is 37.0 Å². The van der Waals surface area contributed by atoms with Crippen molar-refractivity contribution < 1.29 is 14.4 Å². The topological polar surface area (TPSA) is 57.7 Å². The first-order valence-electron chi connectivity index (χ1n) is 8.36. The van der Waals surface area contributed by atoms with Crippen LogP contribution in [0.5, 0.6) is 0 Å². The van der Waals surface area contributed by atoms with Crippen LogP contribution in [0, 0.1) is 5.92 Å². The van der Waals surface area contributed by atoms with E-state index < -0.39 is 5.54 Å². The summed E-state index contributed by atoms with van der Waals surface area (Å²) in [7, 11) is 1.70. The number of imide groups is 1. The molecule has 0 aromatic heterocycles. The van der Waals surface area contributed by atoms with E-state index in [0.29, 0.717) is 5.75 Å². The highest BCUT2D eigenvalue weighted by Gasteiger charge is 2.56. The summed E-state index contributed by atoms with van der Waals surface area (Å²) in [5.74, 6) is 1.42. The molecule has 3 aliphatic rings. The van der Waals surface area contributed by atoms with Gasteiger partial charge in [-0.25, -0.2) is 4.79 Å². The average molecular weight is 336 g/mol. The number of carbonyl (C=O) groups excluding carboxylic acids is 3. The summed E-state index contributed by atoms with van der Waals surface area (Å²) in [5, 5.41) is 0. The molecule has 0 bridgehead atoms. The Kier molecular flexibility index (Phi) is 4.54. The first-order valence-corrected chi connectivity index (χ1v) is 9.51. The molecule has 6 heteroatoms. The minimum atomic E-state index is -0.795. The second kappa shape index (κ2) is 6.30. The number of rotatable bonds is 4. The SMILES string of the molecule is CN1C(=O)N(CC(=O)C2=CCSC2)C(=O)C1(C)C1CCCCC1. The van der Waals surface area contributed by atoms with E-state index in [-0.39, 0.29) is 30.2 Å². The maximum atomic E-state index is 13.0. The lowest BCUT2D eigenvalue weighted by molar-refractivity contribution is -0.137. The lowest BCUT2D eigenvalue weighted by atomic mass is 9.75. The fourth-order valence-corrected chi connectivity index (χ4v) is 4.90. The zero-order chi connectivity index (χ0) is 16.6. The second-order valence-corrected chi connectivity index (χ2v) is 7.91. The predicted octanol–water partition coefficient (Wildman–Crippen LogP) is 2.46. The number of ketones is 1. The van der Waals surface area contributed by atoms with Gasteiger partial charge < -0.3 is 4.90 Å². The van der Waals surface area contributed by atoms with Crippen LogP contribution in [0.2, 0.25) is 0 Å². The molecule has 0 N–H and O–H groups in total. The summed E-state index contributed by atoms with van der Waals surface area (Å²) in [5.41, 5.74) is -0.0548. The number of likely N-dealkylation sites (N-methyl/N-ethyl adjacent to an activating group) is 1. The van der Waals surface area contributed by atoms with Crippen molar-refractivity contribution in [1.29, 1.82) is 0 Å². The molecule has 1 atom stereocenters. The van der Waals surface area contributed by atoms with Crippen molar-refractivity contribution in [2.45, 2.75) is 44.6 Å². The molecule has 2 fully saturated rings. The predicted molar refractivity (Wildman–Crippen MR) is 90.3 cm³/mol. The molecule has 1 saturated heterocycles. The third-order valence-corrected chi connectivity index (χ3v) is 6.58. The second-order valence-electron chi connectivity index (χ2n) is 6.88. The number of nitrogens with zero attached hydrogens (tertiary/aromatic N) is 2. The average Bonchev–Trinajstić information content (AvgIpc) is 3.16. The van der Waals surface area contributed by atoms with Crippen molar-refractivity contribution in [3.05, 3.63) is 11.6 Å². The summed E-state index contributed by atoms with van der Waals surface area (Å²) in [6, 6.07) is -0.331. The molecule has 23 heavy (non-hydrogen) atoms. The van der Waals surface area contributed by atoms with Gasteiger partial charge in [0.15, 0.2) is 5.78 Å². The Bertz CT molecular complexity index is 568. The molecular weight excluding hydrogens is 312 g/mol. The van der Waals surface area contributed by atoms with Crippen LogP contribution in [-0.4, -0.2) is 58.2 Å². The largest absolute Gasteiger partial charge is 0.327 e. The molecule has 2 heterocycles. The van der Waals surface area contributed by atoms with Crippen LogP contribution in [0.15, 0.2) is 11.6 Å². The first kappa shape index (κ1) is 16.6. The van der Waals surface area contributed by atoms with Crippen molar-refractivity contribution in [2.24, 2.45) is 5.92 Å². The maximum absolute atomic E-state index is 13.0. The van der Waals surface area contributed by atoms with Crippen LogP contribution in [0.4, 0.5) is 4.79 Å². The van der Waals surface area contributed by atoms with Crippen molar-refractivity contribution in [3.63, 3.8) is 0 Å². The Balaban J connectivity index is 1.78. The molecule has 3 amide bonds. The Labute approximate surface area is 141 Å². The fourth-order valence-electron chi connectivity index (χ4n) is 3.96. The number of amides is 3. The van der Waals surface area contributed by atoms with Gasteiger partial charge in [0.2, 0.25) is 0 Å². The Morgan fingerprint density at radius 2 is 2.00 bits per heavy atom. The van der Waals surface area contributed by atoms with E-state index in [1.165, 1.54) is 11.3 Å². The molecule has 0 aromatic carbocycles. The summed E-state index contributed by atoms with van der Waals surface area (Å²) < 4.78 is 0. The van der Waals surface area contributed by atoms with Gasteiger partial charge >= 0.3 is 6.03 Å². The van der Waals surface area contributed by atoms with Crippen LogP contribution in [0.1, 0.15) is 39.0 Å². The molecule has 126 valence electrons. The van der Waals surface area contributed by atoms with E-state index in [2.05, 4.69) is 0 Å². The molecule has 1 aliphatic carbocycles. The summed E-state index contributed by atoms with van der Waals surface area (Å²) in [6.45, 7) is 1.76. The number of Topliss-reactive ketones (excluding diaryl/α,β-unsaturated/α-hetero) is 1. The fraction of sp³-hybridized carbons (Fsp3) is 0.706. The number of urea groups is 1. The van der Waals surface area contributed by atoms with E-state index in [1.807, 2.05) is 13.0 Å². The van der Waals surface area contributed by atoms with Crippen LogP contribution >= 0.6 is 11.8 Å². The molecular formula is C17H24N2O3S. The van der Waals surface area contributed by atoms with Gasteiger partial charge in [-0.15, -0.1) is 0 Å². The Hall–Kier alpha value is -1.30. The minimum Gasteiger partial charge on any atom is -0.313 e. The molecule has 2 aliphatic heterocycles. The number of thioether (sulfide) groups is 1. The van der Waals surface area contributed by atoms with E-state index >= 15 is 0 Å². The smallest absolute Gasteiger partial charge is 0.313 e. The third kappa shape index (κ3) is 2.71. The quantitative estimate of drug-likeness (QED) is 0.740. The number of hydrogen-bond donors (Lipinski definition) is 0. The normalized spacial score (nSPS) is 29.4. The van der Waals surface area contributed by atoms with E-state index in [9.17, 15) is 14.4 Å². The highest BCUT2D eigenvalue weighted by molar-refractivity contribution is 7.99. The van der Waals surface area contributed by atoms with Crippen LogP contribution < -0.4 is 0 Å². The maximum Gasteiger partial charge on any atom is 0.327 e. The summed E-state index contributed by atoms with van der Waals surface area (Å²) >= 11 is 1.68. The number of hydrogen-bond acceptors (Lipinski definition) is 4. The van der Waals surface area contributed by atoms with E-state index in [4.69, 9.17) is 0 Å². The molecule has 5 nitrogen and oxygen atoms in total. The van der Waals surface area contributed by atoms with Gasteiger partial charge in [0.1, 0.15) is 5.54 Å². The van der Waals surface area contributed by atoms with E-state index in [1.54, 1.807) is 23.7 Å². The highest BCUT2D eigenvalue weighted by Crippen LogP contribution is 2.41. The van der Waals surface area contributed by atoms with Crippen molar-refractivity contribution in [1.82, 2.24) is 9.80 Å². The van der Waals surface area contributed by atoms with Gasteiger partial charge in [-0.2, -0.15) is 11.8 Å². The molecule has 1 unspecified atom stereocenters. The monoisotopic (exact) mass is 336 g/mol. The molecule has 3 rings (SSSR count). The Morgan fingerprint density at radius 1 is 1.30 bits per heavy atom. The van der Waals surface area contributed by atoms with Gasteiger partial charge in [0, 0.05) is 24.1 Å². The molecule has 1 saturated carbocycles. The minimum absolute atomic E-state index is 0.0991. The van der Waals surface area contributed by atoms with Gasteiger partial charge in [0.25, 0.3) is 5.91 Å². The summed E-state index contributed by atoms with van der Waals surface area (Å²) in [4.78, 5) is 40.6. The van der Waals surface area contributed by atoms with Crippen LogP contribution in [-0.2, 0) is 9.59 Å². The molecule has 0 radical (unpaired) electrons. The molecule has 0 spiro atoms. The standard InChI is InChI=1S/C17H24N2O3S/c1-17(13-6-4-3-5-7-13)15(21)19(16(22)18(17)2)10-14(20)12-8-9-23-11-12/h8,13H,3-7,9-11H2,1-2H3. The van der Waals surface area contributed by atoms with Gasteiger partial charge in [0.05, 0.1) is 6.54 Å². The molecule has 0 aromatic rings. The van der Waals surface area contributed by atoms with Gasteiger partial charge in [-0.05, 0) is 25.7 Å². The highest BCUT2D eigenvalue weighted by atomic mass is 32.2. The first-order chi connectivity index (χ1) is 11.0. The zero-order valence-electron chi connectivity index (χ0n) is 13.8. The van der Waals surface area contributed by atoms with Crippen molar-refractivity contribution in [3.8, 4) is 0 Å². The Morgan fingerprint density at radius 3 is 2.61 bits per heavy atom. The van der Waals surface area contributed by atoms with Gasteiger partial charge in [-0.1, -0.05) is 25.3 Å².